The van der Waals surface area contributed by atoms with Gasteiger partial charge in [0.2, 0.25) is 0 Å². The van der Waals surface area contributed by atoms with Gasteiger partial charge in [0.1, 0.15) is 30.0 Å². The minimum absolute atomic E-state index is 0.235. The number of aromatic nitrogens is 4. The molecule has 0 bridgehead atoms. The molecule has 1 spiro atoms. The molecule has 3 aliphatic rings. The molecule has 0 saturated carbocycles. The molecule has 0 aromatic carbocycles. The Morgan fingerprint density at radius 1 is 0.920 bits per heavy atom. The van der Waals surface area contributed by atoms with Gasteiger partial charge in [0.15, 0.2) is 20.8 Å². The van der Waals surface area contributed by atoms with E-state index in [2.05, 4.69) is 43.8 Å². The van der Waals surface area contributed by atoms with E-state index >= 15 is 0 Å². The number of phosphoric acid groups is 1. The van der Waals surface area contributed by atoms with Gasteiger partial charge in [-0.3, -0.25) is 42.3 Å². The summed E-state index contributed by atoms with van der Waals surface area (Å²) < 4.78 is 66.6. The molecule has 0 amide bonds. The first-order valence-electron chi connectivity index (χ1n) is 16.6. The first kappa shape index (κ1) is 38.7. The first-order chi connectivity index (χ1) is 23.4. The van der Waals surface area contributed by atoms with E-state index in [1.165, 1.54) is 55.0 Å². The van der Waals surface area contributed by atoms with Gasteiger partial charge >= 0.3 is 19.2 Å². The van der Waals surface area contributed by atoms with E-state index in [1.54, 1.807) is 0 Å². The minimum Gasteiger partial charge on any atom is -0.408 e. The fourth-order valence-electron chi connectivity index (χ4n) is 6.66. The van der Waals surface area contributed by atoms with Crippen LogP contribution in [0.4, 0.5) is 0 Å². The topological polar surface area (TPSA) is 201 Å². The molecule has 19 heteroatoms. The number of aromatic amines is 2. The zero-order chi connectivity index (χ0) is 36.8. The SMILES string of the molecule is CO[C@@H]1[C@@H]2OP(=O)(OC)OC[C@@]3(CCC[C@H](C)[C@H]2O[C@H]1n1ccc(=O)[nH]c1=O)O[C@@H](n1ccc(=O)[nH]c1=O)[C@H](OC)[C@@H]3O[Si](C)(C)C(C)(C)C. The summed E-state index contributed by atoms with van der Waals surface area (Å²) in [6.07, 6.45) is -2.46. The molecule has 5 rings (SSSR count). The average molecular weight is 745 g/mol. The van der Waals surface area contributed by atoms with E-state index in [1.807, 2.05) is 6.92 Å². The van der Waals surface area contributed by atoms with Crippen LogP contribution >= 0.6 is 7.82 Å². The fourth-order valence-corrected chi connectivity index (χ4v) is 9.16. The molecule has 2 aromatic heterocycles. The summed E-state index contributed by atoms with van der Waals surface area (Å²) in [4.78, 5) is 54.0. The normalized spacial score (nSPS) is 35.5. The second-order valence-electron chi connectivity index (χ2n) is 14.6. The number of rotatable bonds is 7. The third-order valence-corrected chi connectivity index (χ3v) is 16.3. The van der Waals surface area contributed by atoms with Gasteiger partial charge in [-0.25, -0.2) is 14.2 Å². The van der Waals surface area contributed by atoms with Crippen LogP contribution in [0, 0.1) is 5.92 Å². The number of nitrogens with one attached hydrogen (secondary N) is 2. The Bertz CT molecular complexity index is 1800. The van der Waals surface area contributed by atoms with Crippen molar-refractivity contribution in [3.05, 3.63) is 66.2 Å². The zero-order valence-corrected chi connectivity index (χ0v) is 31.8. The summed E-state index contributed by atoms with van der Waals surface area (Å²) in [6.45, 7) is 12.0. The maximum Gasteiger partial charge on any atom is 0.475 e. The van der Waals surface area contributed by atoms with Crippen molar-refractivity contribution in [2.24, 2.45) is 5.92 Å². The minimum atomic E-state index is -4.43. The number of hydrogen-bond donors (Lipinski definition) is 2. The summed E-state index contributed by atoms with van der Waals surface area (Å²) in [7, 11) is -2.91. The summed E-state index contributed by atoms with van der Waals surface area (Å²) in [5, 5.41) is -0.235. The van der Waals surface area contributed by atoms with E-state index in [4.69, 9.17) is 36.9 Å². The van der Waals surface area contributed by atoms with Crippen molar-refractivity contribution < 1.29 is 41.5 Å². The molecule has 0 aliphatic carbocycles. The van der Waals surface area contributed by atoms with Gasteiger partial charge in [-0.05, 0) is 36.9 Å². The Hall–Kier alpha value is -2.51. The number of H-pyrrole nitrogens is 2. The smallest absolute Gasteiger partial charge is 0.408 e. The maximum absolute atomic E-state index is 14.4. The van der Waals surface area contributed by atoms with Gasteiger partial charge in [-0.2, -0.15) is 0 Å². The molecular formula is C31H49N4O13PSi. The quantitative estimate of drug-likeness (QED) is 0.310. The van der Waals surface area contributed by atoms with Crippen LogP contribution in [0.2, 0.25) is 18.1 Å². The molecule has 3 fully saturated rings. The van der Waals surface area contributed by atoms with Gasteiger partial charge in [0, 0.05) is 45.9 Å². The van der Waals surface area contributed by atoms with Crippen LogP contribution in [0.25, 0.3) is 0 Å². The number of phosphoric ester groups is 1. The van der Waals surface area contributed by atoms with Crippen LogP contribution in [-0.2, 0) is 41.5 Å². The monoisotopic (exact) mass is 744 g/mol. The fraction of sp³-hybridized carbons (Fsp3) is 0.742. The highest BCUT2D eigenvalue weighted by atomic mass is 31.2. The average Bonchev–Trinajstić information content (AvgIpc) is 3.53. The Labute approximate surface area is 290 Å². The molecule has 5 heterocycles. The van der Waals surface area contributed by atoms with Crippen molar-refractivity contribution in [2.75, 3.05) is 27.9 Å². The molecular weight excluding hydrogens is 695 g/mol. The third kappa shape index (κ3) is 7.37. The summed E-state index contributed by atoms with van der Waals surface area (Å²) in [5.74, 6) is -0.251. The van der Waals surface area contributed by atoms with E-state index in [0.717, 1.165) is 0 Å². The Morgan fingerprint density at radius 3 is 2.02 bits per heavy atom. The van der Waals surface area contributed by atoms with Gasteiger partial charge in [-0.15, -0.1) is 0 Å². The molecule has 280 valence electrons. The van der Waals surface area contributed by atoms with Crippen LogP contribution < -0.4 is 22.5 Å². The Balaban J connectivity index is 1.56. The number of hydrogen-bond acceptors (Lipinski definition) is 13. The second kappa shape index (κ2) is 14.5. The molecule has 2 N–H and O–H groups in total. The van der Waals surface area contributed by atoms with Crippen LogP contribution in [0.5, 0.6) is 0 Å². The van der Waals surface area contributed by atoms with Gasteiger partial charge < -0.3 is 23.4 Å². The Morgan fingerprint density at radius 2 is 1.50 bits per heavy atom. The van der Waals surface area contributed by atoms with Crippen molar-refractivity contribution >= 4 is 16.1 Å². The molecule has 17 nitrogen and oxygen atoms in total. The highest BCUT2D eigenvalue weighted by Gasteiger charge is 2.61. The maximum atomic E-state index is 14.4. The molecule has 50 heavy (non-hydrogen) atoms. The van der Waals surface area contributed by atoms with E-state index in [9.17, 15) is 23.7 Å². The van der Waals surface area contributed by atoms with Crippen molar-refractivity contribution in [1.29, 1.82) is 0 Å². The Kier molecular flexibility index (Phi) is 11.2. The van der Waals surface area contributed by atoms with Crippen LogP contribution in [0.1, 0.15) is 59.4 Å². The van der Waals surface area contributed by atoms with Gasteiger partial charge in [0.05, 0.1) is 12.7 Å². The highest BCUT2D eigenvalue weighted by molar-refractivity contribution is 7.48. The van der Waals surface area contributed by atoms with Crippen molar-refractivity contribution in [3.8, 4) is 0 Å². The van der Waals surface area contributed by atoms with E-state index in [-0.39, 0.29) is 17.6 Å². The van der Waals surface area contributed by atoms with Crippen LogP contribution in [-0.4, -0.2) is 91.5 Å². The summed E-state index contributed by atoms with van der Waals surface area (Å²) >= 11 is 0. The first-order valence-corrected chi connectivity index (χ1v) is 20.9. The molecule has 3 aliphatic heterocycles. The lowest BCUT2D eigenvalue weighted by molar-refractivity contribution is -0.132. The lowest BCUT2D eigenvalue weighted by Crippen LogP contribution is -2.55. The lowest BCUT2D eigenvalue weighted by atomic mass is 9.87. The molecule has 2 aromatic rings. The molecule has 10 atom stereocenters. The predicted molar refractivity (Wildman–Crippen MR) is 182 cm³/mol. The van der Waals surface area contributed by atoms with Crippen molar-refractivity contribution in [2.45, 2.75) is 114 Å². The number of methoxy groups -OCH3 is 2. The second-order valence-corrected chi connectivity index (χ2v) is 21.1. The number of ether oxygens (including phenoxy) is 4. The van der Waals surface area contributed by atoms with Gasteiger partial charge in [0.25, 0.3) is 11.1 Å². The number of nitrogens with zero attached hydrogens (tertiary/aromatic N) is 2. The lowest BCUT2D eigenvalue weighted by Gasteiger charge is -2.44. The standard InChI is InChI=1S/C31H49N4O13PSi/c1-18-11-10-14-31(25(48-50(8,9)30(2,3)4)24(42-6)27(46-31)35-16-13-20(37)33-29(35)39)17-44-49(40,43-7)47-22-21(18)45-26(23(22)41-5)34-15-12-19(36)32-28(34)38/h12-13,15-16,18,21-27H,10-11,14,17H2,1-9H3,(H,32,36,38)(H,33,37,39)/t18-,21+,22+,23+,24+,25-,26+,27+,31+,49?/m0/s1. The summed E-state index contributed by atoms with van der Waals surface area (Å²) in [5.41, 5.74) is -3.88. The van der Waals surface area contributed by atoms with E-state index < -0.39 is 87.2 Å². The summed E-state index contributed by atoms with van der Waals surface area (Å²) in [6, 6.07) is 2.41. The van der Waals surface area contributed by atoms with Gasteiger partial charge in [-0.1, -0.05) is 34.1 Å². The largest absolute Gasteiger partial charge is 0.475 e. The van der Waals surface area contributed by atoms with Crippen LogP contribution in [0.15, 0.2) is 43.7 Å². The highest BCUT2D eigenvalue weighted by Crippen LogP contribution is 2.57. The van der Waals surface area contributed by atoms with E-state index in [0.29, 0.717) is 19.3 Å². The van der Waals surface area contributed by atoms with Crippen LogP contribution in [0.3, 0.4) is 0 Å². The molecule has 0 radical (unpaired) electrons. The van der Waals surface area contributed by atoms with Crippen molar-refractivity contribution in [1.82, 2.24) is 19.1 Å². The van der Waals surface area contributed by atoms with Crippen molar-refractivity contribution in [3.63, 3.8) is 0 Å². The zero-order valence-electron chi connectivity index (χ0n) is 29.9. The molecule has 1 unspecified atom stereocenters. The molecule has 3 saturated heterocycles. The number of fused-ring (bicyclic) bond motifs is 1. The predicted octanol–water partition coefficient (Wildman–Crippen LogP) is 2.65. The third-order valence-electron chi connectivity index (χ3n) is 10.5.